The number of fused-ring (bicyclic) bond motifs is 1. The highest BCUT2D eigenvalue weighted by atomic mass is 35.5. The monoisotopic (exact) mass is 601 g/mol. The largest absolute Gasteiger partial charge is 0.481 e. The Bertz CT molecular complexity index is 1550. The number of pyridine rings is 1. The zero-order chi connectivity index (χ0) is 29.9. The molecule has 2 aliphatic carbocycles. The summed E-state index contributed by atoms with van der Waals surface area (Å²) in [6.45, 7) is 5.90. The van der Waals surface area contributed by atoms with Gasteiger partial charge in [-0.15, -0.1) is 0 Å². The van der Waals surface area contributed by atoms with Crippen molar-refractivity contribution in [3.63, 3.8) is 0 Å². The van der Waals surface area contributed by atoms with Crippen LogP contribution in [0, 0.1) is 11.3 Å². The Balaban J connectivity index is 1.37. The van der Waals surface area contributed by atoms with Crippen LogP contribution in [-0.4, -0.2) is 32.5 Å². The number of thioether (sulfide) groups is 1. The van der Waals surface area contributed by atoms with Gasteiger partial charge in [-0.2, -0.15) is 11.8 Å². The van der Waals surface area contributed by atoms with E-state index in [1.165, 1.54) is 11.1 Å². The predicted molar refractivity (Wildman–Crippen MR) is 177 cm³/mol. The van der Waals surface area contributed by atoms with Gasteiger partial charge in [0.1, 0.15) is 0 Å². The number of benzene rings is 2. The van der Waals surface area contributed by atoms with Crippen LogP contribution in [0.25, 0.3) is 23.1 Å². The Hall–Kier alpha value is -2.86. The van der Waals surface area contributed by atoms with Crippen molar-refractivity contribution in [1.82, 2.24) is 4.98 Å². The molecule has 1 heterocycles. The number of aliphatic carboxylic acids is 1. The van der Waals surface area contributed by atoms with E-state index in [0.717, 1.165) is 65.6 Å². The molecule has 2 N–H and O–H groups in total. The minimum absolute atomic E-state index is 0.112. The molecule has 1 fully saturated rings. The maximum Gasteiger partial charge on any atom is 0.303 e. The lowest BCUT2D eigenvalue weighted by Crippen LogP contribution is -2.24. The molecule has 0 radical (unpaired) electrons. The van der Waals surface area contributed by atoms with Gasteiger partial charge in [-0.05, 0) is 104 Å². The number of carboxylic acids is 1. The molecule has 3 aromatic rings. The summed E-state index contributed by atoms with van der Waals surface area (Å²) in [5, 5.41) is 22.3. The van der Waals surface area contributed by atoms with Gasteiger partial charge in [0.05, 0.1) is 23.2 Å². The van der Waals surface area contributed by atoms with Crippen molar-refractivity contribution in [3.8, 4) is 0 Å². The zero-order valence-corrected chi connectivity index (χ0v) is 26.2. The minimum Gasteiger partial charge on any atom is -0.481 e. The van der Waals surface area contributed by atoms with Crippen LogP contribution in [0.5, 0.6) is 0 Å². The summed E-state index contributed by atoms with van der Waals surface area (Å²) in [6, 6.07) is 18.4. The molecule has 2 aromatic carbocycles. The molecule has 1 aromatic heterocycles. The van der Waals surface area contributed by atoms with E-state index in [4.69, 9.17) is 16.6 Å². The van der Waals surface area contributed by atoms with Crippen LogP contribution in [-0.2, 0) is 4.79 Å². The minimum atomic E-state index is -0.864. The van der Waals surface area contributed by atoms with Crippen molar-refractivity contribution in [2.75, 3.05) is 5.75 Å². The number of aliphatic hydroxyl groups is 1. The van der Waals surface area contributed by atoms with Crippen molar-refractivity contribution in [1.29, 1.82) is 0 Å². The molecule has 0 amide bonds. The Morgan fingerprint density at radius 2 is 1.90 bits per heavy atom. The third-order valence-electron chi connectivity index (χ3n) is 8.66. The van der Waals surface area contributed by atoms with E-state index in [1.807, 2.05) is 56.0 Å². The third-order valence-corrected chi connectivity index (χ3v) is 10.6. The van der Waals surface area contributed by atoms with E-state index in [1.54, 1.807) is 0 Å². The second kappa shape index (κ2) is 12.8. The van der Waals surface area contributed by atoms with Crippen LogP contribution in [0.1, 0.15) is 81.4 Å². The highest BCUT2D eigenvalue weighted by Gasteiger charge is 2.52. The van der Waals surface area contributed by atoms with Crippen molar-refractivity contribution >= 4 is 52.4 Å². The van der Waals surface area contributed by atoms with Gasteiger partial charge in [-0.25, -0.2) is 4.98 Å². The maximum absolute atomic E-state index is 11.6. The molecule has 0 unspecified atom stereocenters. The number of allylic oxidation sites excluding steroid dienone is 2. The number of hydrogen-bond donors (Lipinski definition) is 2. The maximum atomic E-state index is 11.6. The molecule has 2 aliphatic rings. The highest BCUT2D eigenvalue weighted by Crippen LogP contribution is 2.58. The van der Waals surface area contributed by atoms with Crippen LogP contribution in [0.2, 0.25) is 5.02 Å². The van der Waals surface area contributed by atoms with Crippen molar-refractivity contribution in [2.24, 2.45) is 11.3 Å². The topological polar surface area (TPSA) is 70.4 Å². The quantitative estimate of drug-likeness (QED) is 0.216. The molecule has 220 valence electrons. The molecular weight excluding hydrogens is 562 g/mol. The Morgan fingerprint density at radius 1 is 1.14 bits per heavy atom. The smallest absolute Gasteiger partial charge is 0.303 e. The van der Waals surface area contributed by atoms with E-state index >= 15 is 0 Å². The lowest BCUT2D eigenvalue weighted by atomic mass is 9.84. The summed E-state index contributed by atoms with van der Waals surface area (Å²) in [5.41, 5.74) is 5.38. The van der Waals surface area contributed by atoms with Crippen LogP contribution >= 0.6 is 23.4 Å². The summed E-state index contributed by atoms with van der Waals surface area (Å²) in [7, 11) is 0. The molecule has 0 spiro atoms. The standard InChI is InChI=1S/C36H40ClNO3S/c1-24-21-36(24,22-34(39)40)23-42-33(18-14-26-8-4-5-10-31(26)35(2,3)41)28-9-6-7-25(19-28)11-16-30-17-13-27-12-15-29(37)20-32(27)38-30/h6-13,15-17,19-20,24,33,41H,4-5,14,18,21-23H2,1-3H3,(H,39,40)/b16-11+/t24-,33-,36-/m1/s1. The molecule has 6 heteroatoms. The van der Waals surface area contributed by atoms with Crippen LogP contribution in [0.15, 0.2) is 77.9 Å². The number of aromatic nitrogens is 1. The number of nitrogens with zero attached hydrogens (tertiary/aromatic N) is 1. The number of halogens is 1. The Morgan fingerprint density at radius 3 is 2.64 bits per heavy atom. The van der Waals surface area contributed by atoms with Crippen molar-refractivity contribution in [2.45, 2.75) is 70.1 Å². The van der Waals surface area contributed by atoms with E-state index in [2.05, 4.69) is 55.5 Å². The van der Waals surface area contributed by atoms with Gasteiger partial charge in [0.15, 0.2) is 0 Å². The first kappa shape index (κ1) is 30.6. The molecule has 4 nitrogen and oxygen atoms in total. The van der Waals surface area contributed by atoms with E-state index in [0.29, 0.717) is 10.9 Å². The van der Waals surface area contributed by atoms with E-state index in [9.17, 15) is 15.0 Å². The summed E-state index contributed by atoms with van der Waals surface area (Å²) < 4.78 is 0. The SMILES string of the molecule is C[C@@H]1C[C@]1(CS[C@H](CCC1=CCCC=C1C(C)(C)O)c1cccc(/C=C/c2ccc3ccc(Cl)cc3n2)c1)CC(=O)O. The molecule has 0 aliphatic heterocycles. The fourth-order valence-electron chi connectivity index (χ4n) is 6.10. The summed E-state index contributed by atoms with van der Waals surface area (Å²) in [4.78, 5) is 16.4. The van der Waals surface area contributed by atoms with Gasteiger partial charge in [-0.3, -0.25) is 4.79 Å². The summed E-state index contributed by atoms with van der Waals surface area (Å²) in [5.74, 6) is 0.564. The second-order valence-corrected chi connectivity index (χ2v) is 14.1. The molecule has 3 atom stereocenters. The number of hydrogen-bond acceptors (Lipinski definition) is 4. The zero-order valence-electron chi connectivity index (χ0n) is 24.6. The molecule has 0 bridgehead atoms. The van der Waals surface area contributed by atoms with Crippen LogP contribution in [0.3, 0.4) is 0 Å². The first-order valence-corrected chi connectivity index (χ1v) is 16.3. The van der Waals surface area contributed by atoms with Gasteiger partial charge < -0.3 is 10.2 Å². The lowest BCUT2D eigenvalue weighted by molar-refractivity contribution is -0.138. The fraction of sp³-hybridized carbons (Fsp3) is 0.389. The number of rotatable bonds is 12. The van der Waals surface area contributed by atoms with Gasteiger partial charge >= 0.3 is 5.97 Å². The first-order valence-electron chi connectivity index (χ1n) is 14.8. The summed E-state index contributed by atoms with van der Waals surface area (Å²) >= 11 is 8.07. The first-order chi connectivity index (χ1) is 20.0. The van der Waals surface area contributed by atoms with Crippen molar-refractivity contribution in [3.05, 3.63) is 99.7 Å². The number of carboxylic acid groups (broad SMARTS) is 1. The third kappa shape index (κ3) is 7.55. The second-order valence-electron chi connectivity index (χ2n) is 12.4. The van der Waals surface area contributed by atoms with Gasteiger partial charge in [0.25, 0.3) is 0 Å². The molecule has 5 rings (SSSR count). The average Bonchev–Trinajstić information content (AvgIpc) is 3.58. The van der Waals surface area contributed by atoms with E-state index in [-0.39, 0.29) is 17.1 Å². The predicted octanol–water partition coefficient (Wildman–Crippen LogP) is 9.53. The Kier molecular flexibility index (Phi) is 9.31. The van der Waals surface area contributed by atoms with Crippen LogP contribution in [0.4, 0.5) is 0 Å². The molecule has 42 heavy (non-hydrogen) atoms. The number of carbonyl (C=O) groups is 1. The van der Waals surface area contributed by atoms with E-state index < -0.39 is 11.6 Å². The van der Waals surface area contributed by atoms with Gasteiger partial charge in [-0.1, -0.05) is 73.2 Å². The lowest BCUT2D eigenvalue weighted by Gasteiger charge is -2.28. The van der Waals surface area contributed by atoms with Crippen molar-refractivity contribution < 1.29 is 15.0 Å². The Labute approximate surface area is 258 Å². The van der Waals surface area contributed by atoms with Gasteiger partial charge in [0, 0.05) is 21.4 Å². The van der Waals surface area contributed by atoms with Crippen LogP contribution < -0.4 is 0 Å². The molecular formula is C36H40ClNO3S. The normalized spacial score (nSPS) is 21.3. The molecule has 0 saturated heterocycles. The van der Waals surface area contributed by atoms with Gasteiger partial charge in [0.2, 0.25) is 0 Å². The molecule has 1 saturated carbocycles. The average molecular weight is 602 g/mol. The fourth-order valence-corrected chi connectivity index (χ4v) is 7.93. The highest BCUT2D eigenvalue weighted by molar-refractivity contribution is 7.99. The summed E-state index contributed by atoms with van der Waals surface area (Å²) in [6.07, 6.45) is 13.6.